The molecule has 5 aromatic carbocycles. The third kappa shape index (κ3) is 7.65. The molecule has 0 fully saturated rings. The number of furan rings is 1. The van der Waals surface area contributed by atoms with Crippen molar-refractivity contribution in [2.75, 3.05) is 11.9 Å². The number of aliphatic imine (C=N–C) groups is 1. The Labute approximate surface area is 327 Å². The Kier molecular flexibility index (Phi) is 13.4. The molecule has 3 heterocycles. The number of benzene rings is 5. The SMILES string of the molecule is C=CC(CCC)N=C(N)/C1=C/c2oc3ccccc3c2C(=C)c2cc(-c3ccc4c(c3)c3ccccc3n4-c3ccccc3)ccc2N1C.CC.CC.CC. The van der Waals surface area contributed by atoms with E-state index in [0.717, 1.165) is 68.7 Å². The van der Waals surface area contributed by atoms with Crippen molar-refractivity contribution in [2.24, 2.45) is 10.7 Å². The maximum Gasteiger partial charge on any atom is 0.143 e. The molecule has 0 spiro atoms. The van der Waals surface area contributed by atoms with Crippen molar-refractivity contribution in [3.8, 4) is 16.8 Å². The molecule has 55 heavy (non-hydrogen) atoms. The number of hydrogen-bond donors (Lipinski definition) is 1. The third-order valence-electron chi connectivity index (χ3n) is 9.68. The van der Waals surface area contributed by atoms with Crippen molar-refractivity contribution in [1.29, 1.82) is 0 Å². The van der Waals surface area contributed by atoms with Gasteiger partial charge in [-0.1, -0.05) is 134 Å². The fraction of sp³-hybridized carbons (Fsp3) is 0.220. The maximum atomic E-state index is 6.80. The summed E-state index contributed by atoms with van der Waals surface area (Å²) in [5, 5.41) is 3.44. The van der Waals surface area contributed by atoms with Gasteiger partial charge in [0.05, 0.1) is 22.8 Å². The first-order chi connectivity index (χ1) is 27.0. The molecule has 1 aliphatic heterocycles. The zero-order valence-corrected chi connectivity index (χ0v) is 33.9. The number of nitrogens with zero attached hydrogens (tertiary/aromatic N) is 3. The number of anilines is 1. The largest absolute Gasteiger partial charge is 0.456 e. The van der Waals surface area contributed by atoms with Crippen molar-refractivity contribution in [2.45, 2.75) is 67.3 Å². The van der Waals surface area contributed by atoms with Gasteiger partial charge in [0.25, 0.3) is 0 Å². The summed E-state index contributed by atoms with van der Waals surface area (Å²) in [4.78, 5) is 6.99. The van der Waals surface area contributed by atoms with Crippen molar-refractivity contribution in [1.82, 2.24) is 4.57 Å². The lowest BCUT2D eigenvalue weighted by atomic mass is 9.90. The van der Waals surface area contributed by atoms with E-state index in [1.165, 1.54) is 21.8 Å². The van der Waals surface area contributed by atoms with Crippen LogP contribution in [0.1, 0.15) is 78.2 Å². The minimum atomic E-state index is -0.0700. The number of likely N-dealkylation sites (N-methyl/N-ethyl adjacent to an activating group) is 1. The van der Waals surface area contributed by atoms with Crippen LogP contribution in [0.5, 0.6) is 0 Å². The molecule has 1 atom stereocenters. The number of para-hydroxylation sites is 3. The number of fused-ring (bicyclic) bond motifs is 7. The fourth-order valence-electron chi connectivity index (χ4n) is 7.24. The van der Waals surface area contributed by atoms with Gasteiger partial charge in [-0.15, -0.1) is 6.58 Å². The second-order valence-corrected chi connectivity index (χ2v) is 12.7. The Morgan fingerprint density at radius 1 is 0.764 bits per heavy atom. The van der Waals surface area contributed by atoms with E-state index in [2.05, 4.69) is 127 Å². The van der Waals surface area contributed by atoms with Gasteiger partial charge in [0.1, 0.15) is 17.2 Å². The Morgan fingerprint density at radius 3 is 2.09 bits per heavy atom. The van der Waals surface area contributed by atoms with Crippen LogP contribution < -0.4 is 10.6 Å². The first kappa shape index (κ1) is 40.1. The molecule has 0 saturated carbocycles. The van der Waals surface area contributed by atoms with Crippen molar-refractivity contribution in [3.63, 3.8) is 0 Å². The Morgan fingerprint density at radius 2 is 1.38 bits per heavy atom. The molecule has 0 aliphatic carbocycles. The summed E-state index contributed by atoms with van der Waals surface area (Å²) in [6.07, 6.45) is 5.73. The second kappa shape index (κ2) is 18.3. The highest BCUT2D eigenvalue weighted by molar-refractivity contribution is 6.11. The Balaban J connectivity index is 0.000000923. The number of amidine groups is 1. The van der Waals surface area contributed by atoms with Crippen LogP contribution in [0, 0.1) is 0 Å². The van der Waals surface area contributed by atoms with Gasteiger partial charge in [-0.2, -0.15) is 0 Å². The number of aromatic nitrogens is 1. The van der Waals surface area contributed by atoms with Crippen LogP contribution in [0.25, 0.3) is 61.2 Å². The number of hydrogen-bond acceptors (Lipinski definition) is 3. The predicted molar refractivity (Wildman–Crippen MR) is 242 cm³/mol. The minimum absolute atomic E-state index is 0.0700. The average molecular weight is 729 g/mol. The van der Waals surface area contributed by atoms with Crippen LogP contribution in [0.4, 0.5) is 5.69 Å². The van der Waals surface area contributed by atoms with E-state index in [-0.39, 0.29) is 6.04 Å². The van der Waals surface area contributed by atoms with Crippen LogP contribution in [0.15, 0.2) is 150 Å². The van der Waals surface area contributed by atoms with Crippen LogP contribution in [0.3, 0.4) is 0 Å². The quantitative estimate of drug-likeness (QED) is 0.101. The molecule has 0 radical (unpaired) electrons. The standard InChI is InChI=1S/C44H38N4O.3C2H6/c1-5-14-31(6-2)46-44(45)40-27-42-43(34-18-11-13-20-41(34)49-42)28(3)35-25-29(21-23-37(35)47(40)4)30-22-24-39-36(26-30)33-17-10-12-19-38(33)48(39)32-15-8-7-9-16-32;3*1-2/h6-13,15-27,31H,2-3,5,14H2,1,4H3,(H2,45,46);3*1-2H3/b40-27-;;;. The lowest BCUT2D eigenvalue weighted by molar-refractivity contribution is 0.602. The Bertz CT molecular complexity index is 2480. The highest BCUT2D eigenvalue weighted by Crippen LogP contribution is 2.43. The summed E-state index contributed by atoms with van der Waals surface area (Å²) < 4.78 is 8.81. The molecule has 2 aromatic heterocycles. The van der Waals surface area contributed by atoms with Gasteiger partial charge in [0, 0.05) is 51.8 Å². The molecule has 0 saturated heterocycles. The van der Waals surface area contributed by atoms with Gasteiger partial charge in [0.2, 0.25) is 0 Å². The molecule has 7 aromatic rings. The number of rotatable bonds is 7. The van der Waals surface area contributed by atoms with Crippen LogP contribution in [-0.4, -0.2) is 23.5 Å². The zero-order chi connectivity index (χ0) is 39.6. The van der Waals surface area contributed by atoms with E-state index in [0.29, 0.717) is 11.6 Å². The van der Waals surface area contributed by atoms with Gasteiger partial charge < -0.3 is 19.6 Å². The van der Waals surface area contributed by atoms with Gasteiger partial charge >= 0.3 is 0 Å². The highest BCUT2D eigenvalue weighted by atomic mass is 16.3. The van der Waals surface area contributed by atoms with Crippen molar-refractivity contribution < 1.29 is 4.42 Å². The van der Waals surface area contributed by atoms with Crippen LogP contribution in [0.2, 0.25) is 0 Å². The third-order valence-corrected chi connectivity index (χ3v) is 9.68. The van der Waals surface area contributed by atoms with E-state index in [9.17, 15) is 0 Å². The Hall–Kier alpha value is -6.07. The summed E-state index contributed by atoms with van der Waals surface area (Å²) in [7, 11) is 2.03. The first-order valence-corrected chi connectivity index (χ1v) is 19.8. The van der Waals surface area contributed by atoms with E-state index < -0.39 is 0 Å². The molecule has 0 amide bonds. The lowest BCUT2D eigenvalue weighted by Crippen LogP contribution is -2.30. The fourth-order valence-corrected chi connectivity index (χ4v) is 7.24. The molecule has 0 bridgehead atoms. The minimum Gasteiger partial charge on any atom is -0.456 e. The summed E-state index contributed by atoms with van der Waals surface area (Å²) in [5.74, 6) is 1.15. The predicted octanol–water partition coefficient (Wildman–Crippen LogP) is 13.8. The lowest BCUT2D eigenvalue weighted by Gasteiger charge is -2.28. The van der Waals surface area contributed by atoms with E-state index in [1.54, 1.807) is 0 Å². The molecule has 5 nitrogen and oxygen atoms in total. The summed E-state index contributed by atoms with van der Waals surface area (Å²) in [6, 6.07) is 40.6. The van der Waals surface area contributed by atoms with Crippen LogP contribution >= 0.6 is 0 Å². The number of nitrogens with two attached hydrogens (primary N) is 1. The highest BCUT2D eigenvalue weighted by Gasteiger charge is 2.26. The van der Waals surface area contributed by atoms with Gasteiger partial charge in [-0.05, 0) is 71.7 Å². The van der Waals surface area contributed by atoms with Gasteiger partial charge in [0.15, 0.2) is 0 Å². The zero-order valence-electron chi connectivity index (χ0n) is 33.9. The van der Waals surface area contributed by atoms with Gasteiger partial charge in [-0.3, -0.25) is 4.99 Å². The molecule has 5 heteroatoms. The molecule has 2 N–H and O–H groups in total. The van der Waals surface area contributed by atoms with Crippen molar-refractivity contribution >= 4 is 55.9 Å². The summed E-state index contributed by atoms with van der Waals surface area (Å²) in [5.41, 5.74) is 17.9. The van der Waals surface area contributed by atoms with Gasteiger partial charge in [-0.25, -0.2) is 0 Å². The summed E-state index contributed by atoms with van der Waals surface area (Å²) >= 11 is 0. The average Bonchev–Trinajstić information content (AvgIpc) is 3.79. The molecular weight excluding hydrogens is 673 g/mol. The molecule has 282 valence electrons. The van der Waals surface area contributed by atoms with E-state index in [4.69, 9.17) is 15.1 Å². The smallest absolute Gasteiger partial charge is 0.143 e. The maximum absolute atomic E-state index is 6.80. The molecular formula is C50H56N4O. The second-order valence-electron chi connectivity index (χ2n) is 12.7. The first-order valence-electron chi connectivity index (χ1n) is 19.8. The van der Waals surface area contributed by atoms with E-state index >= 15 is 0 Å². The molecule has 1 unspecified atom stereocenters. The monoisotopic (exact) mass is 728 g/mol. The normalized spacial score (nSPS) is 13.7. The topological polar surface area (TPSA) is 59.7 Å². The van der Waals surface area contributed by atoms with Crippen molar-refractivity contribution in [3.05, 3.63) is 157 Å². The van der Waals surface area contributed by atoms with E-state index in [1.807, 2.05) is 78.9 Å². The van der Waals surface area contributed by atoms with Crippen LogP contribution in [-0.2, 0) is 0 Å². The molecule has 1 aliphatic rings. The summed E-state index contributed by atoms with van der Waals surface area (Å²) in [6.45, 7) is 22.8. The molecule has 8 rings (SSSR count).